The Morgan fingerprint density at radius 1 is 1.42 bits per heavy atom. The van der Waals surface area contributed by atoms with Gasteiger partial charge < -0.3 is 9.64 Å². The lowest BCUT2D eigenvalue weighted by Gasteiger charge is -2.34. The van der Waals surface area contributed by atoms with Gasteiger partial charge in [0.25, 0.3) is 0 Å². The number of ether oxygens (including phenoxy) is 1. The molecule has 126 valence electrons. The molecule has 1 aliphatic rings. The van der Waals surface area contributed by atoms with Gasteiger partial charge in [-0.3, -0.25) is 4.79 Å². The summed E-state index contributed by atoms with van der Waals surface area (Å²) in [4.78, 5) is 16.2. The van der Waals surface area contributed by atoms with Gasteiger partial charge in [-0.25, -0.2) is 0 Å². The number of thiophene rings is 1. The van der Waals surface area contributed by atoms with Crippen LogP contribution in [0.15, 0.2) is 35.7 Å². The molecule has 0 saturated heterocycles. The molecular weight excluding hydrogens is 318 g/mol. The van der Waals surface area contributed by atoms with Gasteiger partial charge in [0, 0.05) is 23.1 Å². The molecule has 0 N–H and O–H groups in total. The Hall–Kier alpha value is -2.07. The fourth-order valence-electron chi connectivity index (χ4n) is 3.34. The van der Waals surface area contributed by atoms with Crippen LogP contribution in [0, 0.1) is 6.92 Å². The summed E-state index contributed by atoms with van der Waals surface area (Å²) in [6, 6.07) is 8.34. The van der Waals surface area contributed by atoms with Gasteiger partial charge in [-0.15, -0.1) is 11.3 Å². The summed E-state index contributed by atoms with van der Waals surface area (Å²) in [7, 11) is 1.65. The van der Waals surface area contributed by atoms with Crippen molar-refractivity contribution in [3.63, 3.8) is 0 Å². The topological polar surface area (TPSA) is 29.5 Å². The van der Waals surface area contributed by atoms with E-state index in [2.05, 4.69) is 18.4 Å². The van der Waals surface area contributed by atoms with Crippen LogP contribution in [0.4, 0.5) is 0 Å². The minimum absolute atomic E-state index is 0.0715. The zero-order valence-corrected chi connectivity index (χ0v) is 15.2. The number of hydrogen-bond acceptors (Lipinski definition) is 3. The molecule has 0 bridgehead atoms. The first kappa shape index (κ1) is 16.8. The van der Waals surface area contributed by atoms with E-state index >= 15 is 0 Å². The van der Waals surface area contributed by atoms with Crippen molar-refractivity contribution in [2.75, 3.05) is 13.7 Å². The molecule has 1 atom stereocenters. The number of rotatable bonds is 4. The standard InChI is InChI=1S/C20H23NO2S/c1-4-17-16-10-12-24-19(16)9-11-21(17)20(22)8-6-15-13-14(2)5-7-18(15)23-3/h5-8,10,12-13,17H,4,9,11H2,1-3H3. The molecule has 2 heterocycles. The molecule has 0 spiro atoms. The fourth-order valence-corrected chi connectivity index (χ4v) is 4.27. The van der Waals surface area contributed by atoms with Gasteiger partial charge in [-0.1, -0.05) is 18.6 Å². The van der Waals surface area contributed by atoms with E-state index in [1.165, 1.54) is 10.4 Å². The normalized spacial score (nSPS) is 17.1. The highest BCUT2D eigenvalue weighted by Crippen LogP contribution is 2.35. The van der Waals surface area contributed by atoms with E-state index in [1.807, 2.05) is 36.1 Å². The van der Waals surface area contributed by atoms with Crippen molar-refractivity contribution in [1.29, 1.82) is 0 Å². The lowest BCUT2D eigenvalue weighted by Crippen LogP contribution is -2.38. The third kappa shape index (κ3) is 3.24. The minimum Gasteiger partial charge on any atom is -0.496 e. The summed E-state index contributed by atoms with van der Waals surface area (Å²) in [5, 5.41) is 2.13. The van der Waals surface area contributed by atoms with Crippen molar-refractivity contribution in [1.82, 2.24) is 4.90 Å². The van der Waals surface area contributed by atoms with Crippen molar-refractivity contribution < 1.29 is 9.53 Å². The molecule has 1 aromatic heterocycles. The highest BCUT2D eigenvalue weighted by molar-refractivity contribution is 7.10. The third-order valence-electron chi connectivity index (χ3n) is 4.56. The molecule has 0 aliphatic carbocycles. The summed E-state index contributed by atoms with van der Waals surface area (Å²) < 4.78 is 5.38. The lowest BCUT2D eigenvalue weighted by atomic mass is 9.97. The van der Waals surface area contributed by atoms with Crippen LogP contribution in [0.2, 0.25) is 0 Å². The molecule has 4 heteroatoms. The third-order valence-corrected chi connectivity index (χ3v) is 5.55. The van der Waals surface area contributed by atoms with E-state index in [-0.39, 0.29) is 11.9 Å². The second kappa shape index (κ2) is 7.22. The van der Waals surface area contributed by atoms with Crippen LogP contribution in [0.3, 0.4) is 0 Å². The number of carbonyl (C=O) groups excluding carboxylic acids is 1. The van der Waals surface area contributed by atoms with Crippen molar-refractivity contribution in [3.05, 3.63) is 57.3 Å². The Morgan fingerprint density at radius 3 is 3.00 bits per heavy atom. The number of aryl methyl sites for hydroxylation is 1. The lowest BCUT2D eigenvalue weighted by molar-refractivity contribution is -0.128. The predicted octanol–water partition coefficient (Wildman–Crippen LogP) is 4.61. The van der Waals surface area contributed by atoms with Crippen molar-refractivity contribution in [2.24, 2.45) is 0 Å². The Balaban J connectivity index is 1.81. The highest BCUT2D eigenvalue weighted by atomic mass is 32.1. The molecule has 1 amide bonds. The largest absolute Gasteiger partial charge is 0.496 e. The summed E-state index contributed by atoms with van der Waals surface area (Å²) in [6.07, 6.45) is 5.44. The number of fused-ring (bicyclic) bond motifs is 1. The Kier molecular flexibility index (Phi) is 5.05. The second-order valence-electron chi connectivity index (χ2n) is 6.08. The van der Waals surface area contributed by atoms with Crippen molar-refractivity contribution in [3.8, 4) is 5.75 Å². The molecule has 0 radical (unpaired) electrons. The number of benzene rings is 1. The Morgan fingerprint density at radius 2 is 2.25 bits per heavy atom. The average molecular weight is 341 g/mol. The Bertz CT molecular complexity index is 763. The number of hydrogen-bond donors (Lipinski definition) is 0. The molecular formula is C20H23NO2S. The maximum Gasteiger partial charge on any atom is 0.247 e. The molecule has 1 aromatic carbocycles. The van der Waals surface area contributed by atoms with Gasteiger partial charge in [-0.2, -0.15) is 0 Å². The van der Waals surface area contributed by atoms with Crippen LogP contribution in [-0.2, 0) is 11.2 Å². The average Bonchev–Trinajstić information content (AvgIpc) is 3.07. The first-order valence-corrected chi connectivity index (χ1v) is 9.21. The second-order valence-corrected chi connectivity index (χ2v) is 7.08. The zero-order chi connectivity index (χ0) is 17.1. The summed E-state index contributed by atoms with van der Waals surface area (Å²) in [6.45, 7) is 4.97. The van der Waals surface area contributed by atoms with Gasteiger partial charge in [0.05, 0.1) is 13.2 Å². The summed E-state index contributed by atoms with van der Waals surface area (Å²) in [5.74, 6) is 0.859. The predicted molar refractivity (Wildman–Crippen MR) is 99.5 cm³/mol. The smallest absolute Gasteiger partial charge is 0.247 e. The van der Waals surface area contributed by atoms with Crippen LogP contribution in [0.1, 0.15) is 41.0 Å². The summed E-state index contributed by atoms with van der Waals surface area (Å²) >= 11 is 1.80. The minimum atomic E-state index is 0.0715. The van der Waals surface area contributed by atoms with Crippen LogP contribution in [0.25, 0.3) is 6.08 Å². The van der Waals surface area contributed by atoms with E-state index < -0.39 is 0 Å². The van der Waals surface area contributed by atoms with Crippen LogP contribution >= 0.6 is 11.3 Å². The fraction of sp³-hybridized carbons (Fsp3) is 0.350. The first-order chi connectivity index (χ1) is 11.6. The molecule has 2 aromatic rings. The van der Waals surface area contributed by atoms with E-state index in [1.54, 1.807) is 24.5 Å². The van der Waals surface area contributed by atoms with Gasteiger partial charge in [0.2, 0.25) is 5.91 Å². The van der Waals surface area contributed by atoms with E-state index in [0.717, 1.165) is 36.3 Å². The van der Waals surface area contributed by atoms with Crippen LogP contribution in [-0.4, -0.2) is 24.5 Å². The SMILES string of the molecule is CCC1c2ccsc2CCN1C(=O)C=Cc1cc(C)ccc1OC. The van der Waals surface area contributed by atoms with Gasteiger partial charge in [-0.05, 0) is 55.0 Å². The van der Waals surface area contributed by atoms with Gasteiger partial charge >= 0.3 is 0 Å². The zero-order valence-electron chi connectivity index (χ0n) is 14.4. The van der Waals surface area contributed by atoms with E-state index in [9.17, 15) is 4.79 Å². The Labute approximate surface area is 147 Å². The number of carbonyl (C=O) groups is 1. The maximum absolute atomic E-state index is 12.8. The molecule has 0 saturated carbocycles. The first-order valence-electron chi connectivity index (χ1n) is 8.33. The maximum atomic E-state index is 12.8. The number of amides is 1. The highest BCUT2D eigenvalue weighted by Gasteiger charge is 2.29. The van der Waals surface area contributed by atoms with E-state index in [0.29, 0.717) is 0 Å². The van der Waals surface area contributed by atoms with Crippen molar-refractivity contribution in [2.45, 2.75) is 32.7 Å². The molecule has 24 heavy (non-hydrogen) atoms. The number of nitrogens with zero attached hydrogens (tertiary/aromatic N) is 1. The van der Waals surface area contributed by atoms with E-state index in [4.69, 9.17) is 4.74 Å². The van der Waals surface area contributed by atoms with Gasteiger partial charge in [0.15, 0.2) is 0 Å². The van der Waals surface area contributed by atoms with Crippen LogP contribution < -0.4 is 4.74 Å². The van der Waals surface area contributed by atoms with Crippen LogP contribution in [0.5, 0.6) is 5.75 Å². The van der Waals surface area contributed by atoms with Gasteiger partial charge in [0.1, 0.15) is 5.75 Å². The molecule has 3 rings (SSSR count). The number of methoxy groups -OCH3 is 1. The quantitative estimate of drug-likeness (QED) is 0.760. The molecule has 3 nitrogen and oxygen atoms in total. The molecule has 1 aliphatic heterocycles. The molecule has 0 fully saturated rings. The van der Waals surface area contributed by atoms with Crippen molar-refractivity contribution >= 4 is 23.3 Å². The summed E-state index contributed by atoms with van der Waals surface area (Å²) in [5.41, 5.74) is 3.41. The molecule has 1 unspecified atom stereocenters. The monoisotopic (exact) mass is 341 g/mol.